The maximum absolute atomic E-state index is 13.2. The van der Waals surface area contributed by atoms with Gasteiger partial charge < -0.3 is 29.4 Å². The number of aromatic nitrogens is 1. The molecule has 1 fully saturated rings. The van der Waals surface area contributed by atoms with Crippen molar-refractivity contribution < 1.29 is 19.0 Å². The van der Waals surface area contributed by atoms with Gasteiger partial charge in [0.25, 0.3) is 11.5 Å². The number of nitrogens with one attached hydrogen (secondary N) is 2. The zero-order valence-electron chi connectivity index (χ0n) is 22.8. The number of thioether (sulfide) groups is 1. The van der Waals surface area contributed by atoms with Gasteiger partial charge in [0.15, 0.2) is 11.5 Å². The first kappa shape index (κ1) is 28.8. The maximum atomic E-state index is 13.2. The van der Waals surface area contributed by atoms with Crippen molar-refractivity contribution in [3.8, 4) is 11.5 Å². The van der Waals surface area contributed by atoms with Gasteiger partial charge in [-0.1, -0.05) is 11.6 Å². The summed E-state index contributed by atoms with van der Waals surface area (Å²) in [5, 5.41) is 3.23. The number of aryl methyl sites for hydroxylation is 1. The highest BCUT2D eigenvalue weighted by molar-refractivity contribution is 7.98. The van der Waals surface area contributed by atoms with E-state index in [1.54, 1.807) is 13.2 Å². The van der Waals surface area contributed by atoms with E-state index < -0.39 is 0 Å². The second kappa shape index (κ2) is 12.8. The lowest BCUT2D eigenvalue weighted by molar-refractivity contribution is 0.0199. The van der Waals surface area contributed by atoms with Gasteiger partial charge in [0.2, 0.25) is 0 Å². The molecule has 1 aliphatic carbocycles. The van der Waals surface area contributed by atoms with Crippen LogP contribution in [0.1, 0.15) is 52.9 Å². The summed E-state index contributed by atoms with van der Waals surface area (Å²) in [5.74, 6) is 1.09. The molecule has 1 aromatic heterocycles. The van der Waals surface area contributed by atoms with Crippen LogP contribution in [0, 0.1) is 19.8 Å². The van der Waals surface area contributed by atoms with Crippen LogP contribution in [-0.4, -0.2) is 68.1 Å². The Labute approximate surface area is 233 Å². The molecule has 2 heterocycles. The SMILES string of the molecule is COCCN(C)C1CCC([C@H]2COc3c(Cl)cc(C(=O)NCc4c(SC)cc(C)[nH]c4=O)c(C)c3O2)CC1. The van der Waals surface area contributed by atoms with Crippen LogP contribution in [0.4, 0.5) is 0 Å². The third-order valence-corrected chi connectivity index (χ3v) is 8.84. The zero-order valence-corrected chi connectivity index (χ0v) is 24.4. The molecule has 0 saturated heterocycles. The van der Waals surface area contributed by atoms with Gasteiger partial charge in [-0.3, -0.25) is 9.59 Å². The Morgan fingerprint density at radius 2 is 1.97 bits per heavy atom. The van der Waals surface area contributed by atoms with Crippen molar-refractivity contribution in [2.75, 3.05) is 40.2 Å². The number of H-pyrrole nitrogens is 1. The van der Waals surface area contributed by atoms with Crippen molar-refractivity contribution in [3.63, 3.8) is 0 Å². The number of ether oxygens (including phenoxy) is 3. The van der Waals surface area contributed by atoms with Crippen molar-refractivity contribution in [1.29, 1.82) is 0 Å². The molecular formula is C28H38ClN3O5S. The highest BCUT2D eigenvalue weighted by Gasteiger charge is 2.35. The van der Waals surface area contributed by atoms with E-state index in [0.29, 0.717) is 51.8 Å². The fourth-order valence-electron chi connectivity index (χ4n) is 5.43. The number of methoxy groups -OCH3 is 1. The minimum Gasteiger partial charge on any atom is -0.484 e. The van der Waals surface area contributed by atoms with E-state index in [9.17, 15) is 9.59 Å². The number of rotatable bonds is 9. The molecule has 0 spiro atoms. The highest BCUT2D eigenvalue weighted by Crippen LogP contribution is 2.45. The predicted molar refractivity (Wildman–Crippen MR) is 151 cm³/mol. The topological polar surface area (TPSA) is 92.9 Å². The minimum atomic E-state index is -0.315. The zero-order chi connectivity index (χ0) is 27.4. The van der Waals surface area contributed by atoms with Gasteiger partial charge in [-0.05, 0) is 70.9 Å². The molecule has 8 nitrogen and oxygen atoms in total. The Kier molecular flexibility index (Phi) is 9.68. The third kappa shape index (κ3) is 6.33. The Bertz CT molecular complexity index is 1210. The minimum absolute atomic E-state index is 0.0870. The molecule has 2 aliphatic rings. The summed E-state index contributed by atoms with van der Waals surface area (Å²) in [6.07, 6.45) is 6.15. The van der Waals surface area contributed by atoms with E-state index in [2.05, 4.69) is 22.2 Å². The summed E-state index contributed by atoms with van der Waals surface area (Å²) in [7, 11) is 3.90. The van der Waals surface area contributed by atoms with Crippen LogP contribution >= 0.6 is 23.4 Å². The molecule has 2 N–H and O–H groups in total. The smallest absolute Gasteiger partial charge is 0.254 e. The number of benzene rings is 1. The Morgan fingerprint density at radius 3 is 2.66 bits per heavy atom. The van der Waals surface area contributed by atoms with E-state index >= 15 is 0 Å². The van der Waals surface area contributed by atoms with Gasteiger partial charge in [-0.15, -0.1) is 11.8 Å². The Balaban J connectivity index is 1.45. The average molecular weight is 564 g/mol. The molecule has 1 aromatic carbocycles. The van der Waals surface area contributed by atoms with E-state index in [-0.39, 0.29) is 24.1 Å². The van der Waals surface area contributed by atoms with Crippen molar-refractivity contribution >= 4 is 29.3 Å². The molecule has 208 valence electrons. The average Bonchev–Trinajstić information content (AvgIpc) is 2.92. The number of fused-ring (bicyclic) bond motifs is 1. The third-order valence-electron chi connectivity index (χ3n) is 7.76. The van der Waals surface area contributed by atoms with E-state index in [4.69, 9.17) is 25.8 Å². The summed E-state index contributed by atoms with van der Waals surface area (Å²) in [5.41, 5.74) is 2.21. The van der Waals surface area contributed by atoms with Crippen LogP contribution in [0.25, 0.3) is 0 Å². The van der Waals surface area contributed by atoms with Crippen molar-refractivity contribution in [2.45, 2.75) is 63.1 Å². The maximum Gasteiger partial charge on any atom is 0.254 e. The standard InChI is InChI=1S/C28H38ClN3O5S/c1-16-12-24(38-5)21(28(34)31-16)14-30-27(33)20-13-22(29)26-25(17(20)2)37-23(15-36-26)18-6-8-19(9-7-18)32(3)10-11-35-4/h12-13,18-19,23H,6-11,14-15H2,1-5H3,(H,30,33)(H,31,34)/t18?,19?,23-/m1/s1. The van der Waals surface area contributed by atoms with E-state index in [1.807, 2.05) is 26.2 Å². The quantitative estimate of drug-likeness (QED) is 0.432. The molecule has 1 amide bonds. The summed E-state index contributed by atoms with van der Waals surface area (Å²) in [6.45, 7) is 5.92. The second-order valence-corrected chi connectivity index (χ2v) is 11.5. The fraction of sp³-hybridized carbons (Fsp3) is 0.571. The first-order chi connectivity index (χ1) is 18.2. The summed E-state index contributed by atoms with van der Waals surface area (Å²) < 4.78 is 17.8. The van der Waals surface area contributed by atoms with Crippen LogP contribution in [-0.2, 0) is 11.3 Å². The molecule has 1 saturated carbocycles. The van der Waals surface area contributed by atoms with Gasteiger partial charge >= 0.3 is 0 Å². The summed E-state index contributed by atoms with van der Waals surface area (Å²) in [4.78, 5) is 31.7. The van der Waals surface area contributed by atoms with E-state index in [1.165, 1.54) is 11.8 Å². The van der Waals surface area contributed by atoms with Gasteiger partial charge in [-0.2, -0.15) is 0 Å². The number of hydrogen-bond donors (Lipinski definition) is 2. The normalized spacial score (nSPS) is 21.0. The Hall–Kier alpha value is -2.20. The van der Waals surface area contributed by atoms with Crippen LogP contribution in [0.15, 0.2) is 21.8 Å². The van der Waals surface area contributed by atoms with Gasteiger partial charge in [-0.25, -0.2) is 0 Å². The van der Waals surface area contributed by atoms with Gasteiger partial charge in [0, 0.05) is 53.5 Å². The number of pyridine rings is 1. The number of carbonyl (C=O) groups is 1. The van der Waals surface area contributed by atoms with Crippen molar-refractivity contribution in [3.05, 3.63) is 49.9 Å². The fourth-order valence-corrected chi connectivity index (χ4v) is 6.38. The van der Waals surface area contributed by atoms with Crippen LogP contribution < -0.4 is 20.3 Å². The monoisotopic (exact) mass is 563 g/mol. The molecule has 1 atom stereocenters. The molecular weight excluding hydrogens is 526 g/mol. The molecule has 10 heteroatoms. The molecule has 4 rings (SSSR count). The second-order valence-electron chi connectivity index (χ2n) is 10.2. The van der Waals surface area contributed by atoms with Crippen molar-refractivity contribution in [2.24, 2.45) is 5.92 Å². The number of nitrogens with zero attached hydrogens (tertiary/aromatic N) is 1. The molecule has 1 aliphatic heterocycles. The lowest BCUT2D eigenvalue weighted by Crippen LogP contribution is -2.42. The van der Waals surface area contributed by atoms with Crippen LogP contribution in [0.2, 0.25) is 5.02 Å². The number of aromatic amines is 1. The first-order valence-corrected chi connectivity index (χ1v) is 14.7. The lowest BCUT2D eigenvalue weighted by atomic mass is 9.82. The molecule has 0 radical (unpaired) electrons. The Morgan fingerprint density at radius 1 is 1.24 bits per heavy atom. The van der Waals surface area contributed by atoms with Crippen LogP contribution in [0.5, 0.6) is 11.5 Å². The molecule has 2 aromatic rings. The number of carbonyl (C=O) groups excluding carboxylic acids is 1. The van der Waals surface area contributed by atoms with Gasteiger partial charge in [0.05, 0.1) is 11.6 Å². The number of amides is 1. The van der Waals surface area contributed by atoms with Gasteiger partial charge in [0.1, 0.15) is 12.7 Å². The molecule has 0 unspecified atom stereocenters. The first-order valence-electron chi connectivity index (χ1n) is 13.1. The summed E-state index contributed by atoms with van der Waals surface area (Å²) in [6, 6.07) is 4.08. The molecule has 0 bridgehead atoms. The molecule has 38 heavy (non-hydrogen) atoms. The number of halogens is 1. The summed E-state index contributed by atoms with van der Waals surface area (Å²) >= 11 is 8.02. The lowest BCUT2D eigenvalue weighted by Gasteiger charge is -2.39. The van der Waals surface area contributed by atoms with Crippen molar-refractivity contribution in [1.82, 2.24) is 15.2 Å². The van der Waals surface area contributed by atoms with Crippen LogP contribution in [0.3, 0.4) is 0 Å². The highest BCUT2D eigenvalue weighted by atomic mass is 35.5. The number of hydrogen-bond acceptors (Lipinski definition) is 7. The largest absolute Gasteiger partial charge is 0.484 e. The predicted octanol–water partition coefficient (Wildman–Crippen LogP) is 4.57. The van der Waals surface area contributed by atoms with E-state index in [0.717, 1.165) is 49.4 Å². The number of likely N-dealkylation sites (N-methyl/N-ethyl adjacent to an activating group) is 1.